The third kappa shape index (κ3) is 2.81. The van der Waals surface area contributed by atoms with Crippen molar-refractivity contribution in [2.45, 2.75) is 0 Å². The summed E-state index contributed by atoms with van der Waals surface area (Å²) in [6, 6.07) is 4.20. The molecule has 0 aliphatic rings. The predicted octanol–water partition coefficient (Wildman–Crippen LogP) is 0.772. The monoisotopic (exact) mass is 217 g/mol. The van der Waals surface area contributed by atoms with Gasteiger partial charge in [0.15, 0.2) is 11.5 Å². The number of ether oxygens (including phenoxy) is 1. The first kappa shape index (κ1) is 10.6. The molecule has 0 saturated carbocycles. The van der Waals surface area contributed by atoms with Gasteiger partial charge in [0.1, 0.15) is 0 Å². The molecule has 0 amide bonds. The Bertz CT molecular complexity index is 427. The second kappa shape index (κ2) is 3.75. The molecule has 0 spiro atoms. The van der Waals surface area contributed by atoms with Crippen LogP contribution in [0, 0.1) is 0 Å². The number of aromatic hydroxyl groups is 1. The Morgan fingerprint density at radius 1 is 1.43 bits per heavy atom. The second-order valence-corrected chi connectivity index (χ2v) is 4.51. The van der Waals surface area contributed by atoms with Crippen molar-refractivity contribution in [3.05, 3.63) is 18.2 Å². The molecule has 0 atom stereocenters. The van der Waals surface area contributed by atoms with Gasteiger partial charge in [-0.2, -0.15) is 0 Å². The molecule has 0 aromatic heterocycles. The molecule has 0 unspecified atom stereocenters. The van der Waals surface area contributed by atoms with Gasteiger partial charge in [-0.05, 0) is 12.1 Å². The number of anilines is 1. The van der Waals surface area contributed by atoms with Crippen LogP contribution in [0.3, 0.4) is 0 Å². The van der Waals surface area contributed by atoms with Gasteiger partial charge in [0, 0.05) is 6.07 Å². The van der Waals surface area contributed by atoms with Gasteiger partial charge in [-0.3, -0.25) is 4.72 Å². The molecule has 14 heavy (non-hydrogen) atoms. The molecule has 2 N–H and O–H groups in total. The minimum absolute atomic E-state index is 0.0356. The predicted molar refractivity (Wildman–Crippen MR) is 53.1 cm³/mol. The standard InChI is InChI=1S/C8H11NO4S/c1-13-8-5-6(3-4-7(8)10)9-14(2,11)12/h3-5,9-10H,1-2H3. The Kier molecular flexibility index (Phi) is 2.85. The van der Waals surface area contributed by atoms with E-state index in [1.807, 2.05) is 0 Å². The number of hydrogen-bond donors (Lipinski definition) is 2. The summed E-state index contributed by atoms with van der Waals surface area (Å²) in [5, 5.41) is 9.23. The molecular formula is C8H11NO4S. The maximum Gasteiger partial charge on any atom is 0.229 e. The molecule has 0 saturated heterocycles. The smallest absolute Gasteiger partial charge is 0.229 e. The number of methoxy groups -OCH3 is 1. The van der Waals surface area contributed by atoms with Crippen LogP contribution < -0.4 is 9.46 Å². The summed E-state index contributed by atoms with van der Waals surface area (Å²) in [6.07, 6.45) is 1.05. The van der Waals surface area contributed by atoms with E-state index in [0.717, 1.165) is 6.26 Å². The number of rotatable bonds is 3. The molecule has 1 aromatic carbocycles. The highest BCUT2D eigenvalue weighted by Gasteiger charge is 2.05. The maximum atomic E-state index is 10.9. The van der Waals surface area contributed by atoms with Crippen molar-refractivity contribution in [3.63, 3.8) is 0 Å². The molecule has 5 nitrogen and oxygen atoms in total. The number of benzene rings is 1. The lowest BCUT2D eigenvalue weighted by atomic mass is 10.3. The molecule has 0 radical (unpaired) electrons. The fourth-order valence-electron chi connectivity index (χ4n) is 0.955. The van der Waals surface area contributed by atoms with Crippen molar-refractivity contribution in [3.8, 4) is 11.5 Å². The maximum absolute atomic E-state index is 10.9. The van der Waals surface area contributed by atoms with Crippen molar-refractivity contribution < 1.29 is 18.3 Å². The second-order valence-electron chi connectivity index (χ2n) is 2.76. The summed E-state index contributed by atoms with van der Waals surface area (Å²) in [5.74, 6) is 0.185. The Morgan fingerprint density at radius 3 is 2.57 bits per heavy atom. The zero-order valence-electron chi connectivity index (χ0n) is 7.81. The molecule has 1 aromatic rings. The highest BCUT2D eigenvalue weighted by molar-refractivity contribution is 7.92. The SMILES string of the molecule is COc1cc(NS(C)(=O)=O)ccc1O. The van der Waals surface area contributed by atoms with E-state index >= 15 is 0 Å². The van der Waals surface area contributed by atoms with Gasteiger partial charge in [0.2, 0.25) is 10.0 Å². The number of phenolic OH excluding ortho intramolecular Hbond substituents is 1. The minimum atomic E-state index is -3.30. The molecule has 78 valence electrons. The van der Waals surface area contributed by atoms with Crippen molar-refractivity contribution in [2.24, 2.45) is 0 Å². The highest BCUT2D eigenvalue weighted by Crippen LogP contribution is 2.28. The first-order valence-electron chi connectivity index (χ1n) is 3.77. The average Bonchev–Trinajstić information content (AvgIpc) is 2.06. The third-order valence-corrected chi connectivity index (χ3v) is 2.09. The van der Waals surface area contributed by atoms with Crippen molar-refractivity contribution >= 4 is 15.7 Å². The molecule has 0 fully saturated rings. The normalized spacial score (nSPS) is 11.0. The van der Waals surface area contributed by atoms with Gasteiger partial charge < -0.3 is 9.84 Å². The van der Waals surface area contributed by atoms with Crippen molar-refractivity contribution in [1.29, 1.82) is 0 Å². The molecule has 6 heteroatoms. The Morgan fingerprint density at radius 2 is 2.07 bits per heavy atom. The summed E-state index contributed by atoms with van der Waals surface area (Å²) in [4.78, 5) is 0. The van der Waals surface area contributed by atoms with E-state index in [2.05, 4.69) is 4.72 Å². The van der Waals surface area contributed by atoms with Crippen LogP contribution in [-0.2, 0) is 10.0 Å². The topological polar surface area (TPSA) is 75.6 Å². The van der Waals surface area contributed by atoms with Crippen LogP contribution in [0.25, 0.3) is 0 Å². The summed E-state index contributed by atoms with van der Waals surface area (Å²) >= 11 is 0. The number of sulfonamides is 1. The average molecular weight is 217 g/mol. The van der Waals surface area contributed by atoms with E-state index in [1.54, 1.807) is 0 Å². The van der Waals surface area contributed by atoms with Gasteiger partial charge in [0.05, 0.1) is 19.1 Å². The Balaban J connectivity index is 3.01. The summed E-state index contributed by atoms with van der Waals surface area (Å²) in [6.45, 7) is 0. The summed E-state index contributed by atoms with van der Waals surface area (Å²) < 4.78 is 28.8. The lowest BCUT2D eigenvalue weighted by Crippen LogP contribution is -2.09. The van der Waals surface area contributed by atoms with Crippen LogP contribution in [0.4, 0.5) is 5.69 Å². The molecule has 0 bridgehead atoms. The highest BCUT2D eigenvalue weighted by atomic mass is 32.2. The molecular weight excluding hydrogens is 206 g/mol. The number of phenols is 1. The molecule has 1 rings (SSSR count). The van der Waals surface area contributed by atoms with E-state index in [9.17, 15) is 13.5 Å². The van der Waals surface area contributed by atoms with Crippen LogP contribution in [-0.4, -0.2) is 26.9 Å². The first-order chi connectivity index (χ1) is 6.42. The van der Waals surface area contributed by atoms with Gasteiger partial charge in [-0.25, -0.2) is 8.42 Å². The van der Waals surface area contributed by atoms with E-state index < -0.39 is 10.0 Å². The zero-order valence-corrected chi connectivity index (χ0v) is 8.63. The van der Waals surface area contributed by atoms with Gasteiger partial charge in [-0.1, -0.05) is 0 Å². The summed E-state index contributed by atoms with van der Waals surface area (Å²) in [5.41, 5.74) is 0.349. The van der Waals surface area contributed by atoms with E-state index in [4.69, 9.17) is 4.74 Å². The largest absolute Gasteiger partial charge is 0.504 e. The Labute approximate surface area is 82.4 Å². The number of nitrogens with one attached hydrogen (secondary N) is 1. The van der Waals surface area contributed by atoms with Gasteiger partial charge in [-0.15, -0.1) is 0 Å². The van der Waals surface area contributed by atoms with Crippen LogP contribution in [0.15, 0.2) is 18.2 Å². The fraction of sp³-hybridized carbons (Fsp3) is 0.250. The molecule has 0 aliphatic carbocycles. The van der Waals surface area contributed by atoms with Crippen molar-refractivity contribution in [1.82, 2.24) is 0 Å². The number of hydrogen-bond acceptors (Lipinski definition) is 4. The summed E-state index contributed by atoms with van der Waals surface area (Å²) in [7, 11) is -1.91. The van der Waals surface area contributed by atoms with E-state index in [0.29, 0.717) is 5.69 Å². The van der Waals surface area contributed by atoms with Gasteiger partial charge in [0.25, 0.3) is 0 Å². The van der Waals surface area contributed by atoms with Crippen LogP contribution in [0.2, 0.25) is 0 Å². The van der Waals surface area contributed by atoms with E-state index in [1.165, 1.54) is 25.3 Å². The Hall–Kier alpha value is -1.43. The zero-order chi connectivity index (χ0) is 10.8. The third-order valence-electron chi connectivity index (χ3n) is 1.48. The lowest BCUT2D eigenvalue weighted by molar-refractivity contribution is 0.374. The lowest BCUT2D eigenvalue weighted by Gasteiger charge is -2.07. The minimum Gasteiger partial charge on any atom is -0.504 e. The molecule has 0 heterocycles. The van der Waals surface area contributed by atoms with Crippen LogP contribution in [0.1, 0.15) is 0 Å². The van der Waals surface area contributed by atoms with E-state index in [-0.39, 0.29) is 11.5 Å². The van der Waals surface area contributed by atoms with Crippen molar-refractivity contribution in [2.75, 3.05) is 18.1 Å². The van der Waals surface area contributed by atoms with Gasteiger partial charge >= 0.3 is 0 Å². The molecule has 0 aliphatic heterocycles. The quantitative estimate of drug-likeness (QED) is 0.733. The van der Waals surface area contributed by atoms with Crippen LogP contribution >= 0.6 is 0 Å². The fourth-order valence-corrected chi connectivity index (χ4v) is 1.51. The van der Waals surface area contributed by atoms with Crippen LogP contribution in [0.5, 0.6) is 11.5 Å². The first-order valence-corrected chi connectivity index (χ1v) is 5.66.